The number of benzene rings is 2. The molecule has 2 aromatic heterocycles. The number of aldehydes is 1. The van der Waals surface area contributed by atoms with Crippen molar-refractivity contribution in [3.05, 3.63) is 94.4 Å². The summed E-state index contributed by atoms with van der Waals surface area (Å²) in [6.07, 6.45) is 0.667. The van der Waals surface area contributed by atoms with Crippen LogP contribution in [0.3, 0.4) is 0 Å². The lowest BCUT2D eigenvalue weighted by atomic mass is 9.95. The van der Waals surface area contributed by atoms with Crippen molar-refractivity contribution in [2.24, 2.45) is 0 Å². The highest BCUT2D eigenvalue weighted by Gasteiger charge is 2.28. The summed E-state index contributed by atoms with van der Waals surface area (Å²) < 4.78 is 5.87. The van der Waals surface area contributed by atoms with Crippen molar-refractivity contribution in [2.75, 3.05) is 0 Å². The third-order valence-electron chi connectivity index (χ3n) is 4.11. The zero-order valence-electron chi connectivity index (χ0n) is 13.7. The van der Waals surface area contributed by atoms with E-state index in [9.17, 15) is 9.59 Å². The van der Waals surface area contributed by atoms with Crippen molar-refractivity contribution in [1.82, 2.24) is 0 Å². The maximum atomic E-state index is 13.3. The number of carbonyl (C=O) groups excluding carboxylic acids is 2. The molecule has 0 fully saturated rings. The fraction of sp³-hybridized carbons (Fsp3) is 0. The van der Waals surface area contributed by atoms with Gasteiger partial charge in [-0.05, 0) is 17.0 Å². The van der Waals surface area contributed by atoms with Gasteiger partial charge in [0, 0.05) is 11.1 Å². The first kappa shape index (κ1) is 16.2. The number of rotatable bonds is 5. The average Bonchev–Trinajstić information content (AvgIpc) is 3.37. The van der Waals surface area contributed by atoms with Crippen LogP contribution in [0.25, 0.3) is 22.5 Å². The molecular formula is C22H14O3S. The molecule has 0 amide bonds. The normalized spacial score (nSPS) is 10.6. The first-order valence-electron chi connectivity index (χ1n) is 8.10. The first-order chi connectivity index (χ1) is 12.8. The van der Waals surface area contributed by atoms with E-state index in [0.717, 1.165) is 11.1 Å². The van der Waals surface area contributed by atoms with Gasteiger partial charge in [0.15, 0.2) is 12.0 Å². The fourth-order valence-corrected chi connectivity index (χ4v) is 3.63. The van der Waals surface area contributed by atoms with Gasteiger partial charge in [-0.1, -0.05) is 66.7 Å². The van der Waals surface area contributed by atoms with Crippen LogP contribution in [0.15, 0.2) is 82.6 Å². The molecule has 26 heavy (non-hydrogen) atoms. The molecule has 0 atom stereocenters. The minimum Gasteiger partial charge on any atom is -0.452 e. The summed E-state index contributed by atoms with van der Waals surface area (Å²) in [7, 11) is 0. The summed E-state index contributed by atoms with van der Waals surface area (Å²) in [6, 6.07) is 22.4. The number of hydrogen-bond donors (Lipinski definition) is 0. The van der Waals surface area contributed by atoms with E-state index < -0.39 is 0 Å². The monoisotopic (exact) mass is 358 g/mol. The number of thiophene rings is 1. The molecule has 4 heteroatoms. The van der Waals surface area contributed by atoms with Gasteiger partial charge in [-0.2, -0.15) is 0 Å². The van der Waals surface area contributed by atoms with Crippen molar-refractivity contribution >= 4 is 23.4 Å². The number of hydrogen-bond acceptors (Lipinski definition) is 4. The second-order valence-electron chi connectivity index (χ2n) is 5.70. The van der Waals surface area contributed by atoms with Crippen LogP contribution in [0.4, 0.5) is 0 Å². The van der Waals surface area contributed by atoms with E-state index in [1.165, 1.54) is 11.3 Å². The Morgan fingerprint density at radius 3 is 2.08 bits per heavy atom. The predicted octanol–water partition coefficient (Wildman–Crippen LogP) is 5.72. The average molecular weight is 358 g/mol. The molecule has 0 aliphatic carbocycles. The number of furan rings is 1. The van der Waals surface area contributed by atoms with Gasteiger partial charge in [0.05, 0.1) is 10.4 Å². The molecule has 0 N–H and O–H groups in total. The van der Waals surface area contributed by atoms with Gasteiger partial charge >= 0.3 is 0 Å². The van der Waals surface area contributed by atoms with Crippen LogP contribution in [-0.2, 0) is 0 Å². The van der Waals surface area contributed by atoms with Crippen LogP contribution < -0.4 is 0 Å². The summed E-state index contributed by atoms with van der Waals surface area (Å²) in [5.74, 6) is 0.439. The van der Waals surface area contributed by atoms with Crippen LogP contribution in [0.5, 0.6) is 0 Å². The summed E-state index contributed by atoms with van der Waals surface area (Å²) in [4.78, 5) is 25.6. The molecule has 0 bridgehead atoms. The molecule has 2 heterocycles. The van der Waals surface area contributed by atoms with E-state index in [-0.39, 0.29) is 11.5 Å². The summed E-state index contributed by atoms with van der Waals surface area (Å²) in [5, 5.41) is 1.86. The van der Waals surface area contributed by atoms with Gasteiger partial charge in [0.25, 0.3) is 0 Å². The highest BCUT2D eigenvalue weighted by Crippen LogP contribution is 2.39. The lowest BCUT2D eigenvalue weighted by molar-refractivity contribution is 0.104. The first-order valence-corrected chi connectivity index (χ1v) is 8.98. The Morgan fingerprint density at radius 1 is 0.846 bits per heavy atom. The molecule has 4 rings (SSSR count). The van der Waals surface area contributed by atoms with Crippen molar-refractivity contribution in [3.8, 4) is 22.5 Å². The fourth-order valence-electron chi connectivity index (χ4n) is 2.96. The Labute approximate surface area is 154 Å². The van der Waals surface area contributed by atoms with Gasteiger partial charge < -0.3 is 4.42 Å². The van der Waals surface area contributed by atoms with Crippen molar-refractivity contribution in [2.45, 2.75) is 0 Å². The summed E-state index contributed by atoms with van der Waals surface area (Å²) in [5.41, 5.74) is 2.50. The standard InChI is InChI=1S/C22H14O3S/c23-14-17-19(15-8-3-1-4-9-15)20(21(24)18-12-7-13-26-18)22(25-17)16-10-5-2-6-11-16/h1-14H. The van der Waals surface area contributed by atoms with Gasteiger partial charge in [-0.3, -0.25) is 9.59 Å². The molecule has 0 radical (unpaired) electrons. The molecular weight excluding hydrogens is 344 g/mol. The molecule has 3 nitrogen and oxygen atoms in total. The second-order valence-corrected chi connectivity index (χ2v) is 6.65. The largest absolute Gasteiger partial charge is 0.452 e. The minimum absolute atomic E-state index is 0.144. The van der Waals surface area contributed by atoms with E-state index in [4.69, 9.17) is 4.42 Å². The minimum atomic E-state index is -0.144. The maximum Gasteiger partial charge on any atom is 0.207 e. The van der Waals surface area contributed by atoms with E-state index >= 15 is 0 Å². The van der Waals surface area contributed by atoms with Crippen molar-refractivity contribution in [3.63, 3.8) is 0 Å². The summed E-state index contributed by atoms with van der Waals surface area (Å²) >= 11 is 1.37. The quantitative estimate of drug-likeness (QED) is 0.339. The van der Waals surface area contributed by atoms with Gasteiger partial charge in [0.1, 0.15) is 5.76 Å². The Hall–Kier alpha value is -3.24. The van der Waals surface area contributed by atoms with Crippen molar-refractivity contribution < 1.29 is 14.0 Å². The van der Waals surface area contributed by atoms with E-state index in [0.29, 0.717) is 28.1 Å². The Morgan fingerprint density at radius 2 is 1.50 bits per heavy atom. The van der Waals surface area contributed by atoms with Crippen LogP contribution >= 0.6 is 11.3 Å². The molecule has 0 aliphatic rings. The van der Waals surface area contributed by atoms with E-state index in [1.807, 2.05) is 72.1 Å². The van der Waals surface area contributed by atoms with Crippen LogP contribution in [0.1, 0.15) is 25.8 Å². The van der Waals surface area contributed by atoms with Crippen LogP contribution in [0, 0.1) is 0 Å². The number of carbonyl (C=O) groups is 2. The highest BCUT2D eigenvalue weighted by atomic mass is 32.1. The molecule has 0 saturated carbocycles. The zero-order valence-corrected chi connectivity index (χ0v) is 14.5. The third-order valence-corrected chi connectivity index (χ3v) is 4.98. The topological polar surface area (TPSA) is 47.3 Å². The smallest absolute Gasteiger partial charge is 0.207 e. The SMILES string of the molecule is O=Cc1oc(-c2ccccc2)c(C(=O)c2cccs2)c1-c1ccccc1. The van der Waals surface area contributed by atoms with Gasteiger partial charge in [-0.15, -0.1) is 11.3 Å². The Bertz CT molecular complexity index is 1050. The van der Waals surface area contributed by atoms with Crippen LogP contribution in [-0.4, -0.2) is 12.1 Å². The van der Waals surface area contributed by atoms with Gasteiger partial charge in [-0.25, -0.2) is 0 Å². The molecule has 4 aromatic rings. The van der Waals surface area contributed by atoms with Crippen LogP contribution in [0.2, 0.25) is 0 Å². The van der Waals surface area contributed by atoms with E-state index in [2.05, 4.69) is 0 Å². The Balaban J connectivity index is 2.03. The molecule has 2 aromatic carbocycles. The predicted molar refractivity (Wildman–Crippen MR) is 103 cm³/mol. The lowest BCUT2D eigenvalue weighted by Crippen LogP contribution is -2.02. The zero-order chi connectivity index (χ0) is 17.9. The summed E-state index contributed by atoms with van der Waals surface area (Å²) in [6.45, 7) is 0. The van der Waals surface area contributed by atoms with Gasteiger partial charge in [0.2, 0.25) is 5.78 Å². The Kier molecular flexibility index (Phi) is 4.33. The lowest BCUT2D eigenvalue weighted by Gasteiger charge is -2.05. The highest BCUT2D eigenvalue weighted by molar-refractivity contribution is 7.12. The molecule has 0 unspecified atom stereocenters. The maximum absolute atomic E-state index is 13.3. The van der Waals surface area contributed by atoms with Crippen molar-refractivity contribution in [1.29, 1.82) is 0 Å². The second kappa shape index (κ2) is 6.94. The number of ketones is 1. The third kappa shape index (κ3) is 2.80. The molecule has 126 valence electrons. The van der Waals surface area contributed by atoms with E-state index in [1.54, 1.807) is 6.07 Å². The molecule has 0 aliphatic heterocycles. The molecule has 0 saturated heterocycles. The molecule has 0 spiro atoms.